The molecule has 5 rings (SSSR count). The number of hydrogen-bond acceptors (Lipinski definition) is 3. The van der Waals surface area contributed by atoms with Crippen LogP contribution in [0.25, 0.3) is 0 Å². The van der Waals surface area contributed by atoms with Gasteiger partial charge in [0.1, 0.15) is 11.9 Å². The van der Waals surface area contributed by atoms with Crippen molar-refractivity contribution >= 4 is 11.6 Å². The van der Waals surface area contributed by atoms with Gasteiger partial charge < -0.3 is 0 Å². The number of hydrogen-bond donors (Lipinski definition) is 0. The van der Waals surface area contributed by atoms with E-state index >= 15 is 0 Å². The molecule has 0 heterocycles. The molecule has 0 aromatic rings. The number of allylic oxidation sites excluding steroid dienone is 2. The lowest BCUT2D eigenvalue weighted by Gasteiger charge is -2.70. The van der Waals surface area contributed by atoms with Gasteiger partial charge in [-0.25, -0.2) is 0 Å². The normalized spacial score (nSPS) is 50.1. The Balaban J connectivity index is 1.61. The molecule has 8 atom stereocenters. The minimum absolute atomic E-state index is 0.00180. The molecule has 4 saturated carbocycles. The van der Waals surface area contributed by atoms with Crippen LogP contribution in [0.4, 0.5) is 0 Å². The number of Topliss-reactive ketones (excluding diaryl/α,β-unsaturated/α-hetero) is 2. The molecule has 0 saturated heterocycles. The molecule has 4 fully saturated rings. The molecule has 3 unspecified atom stereocenters. The molecular formula is C30H43NO2. The second-order valence-electron chi connectivity index (χ2n) is 14.6. The summed E-state index contributed by atoms with van der Waals surface area (Å²) in [6.45, 7) is 16.1. The van der Waals surface area contributed by atoms with E-state index in [9.17, 15) is 14.9 Å². The first-order valence-corrected chi connectivity index (χ1v) is 13.4. The van der Waals surface area contributed by atoms with Crippen molar-refractivity contribution in [3.05, 3.63) is 11.6 Å². The minimum Gasteiger partial charge on any atom is -0.299 e. The molecule has 3 nitrogen and oxygen atoms in total. The van der Waals surface area contributed by atoms with Gasteiger partial charge >= 0.3 is 0 Å². The monoisotopic (exact) mass is 449 g/mol. The van der Waals surface area contributed by atoms with E-state index in [2.05, 4.69) is 40.7 Å². The van der Waals surface area contributed by atoms with Gasteiger partial charge in [-0.3, -0.25) is 9.59 Å². The maximum atomic E-state index is 14.1. The summed E-state index contributed by atoms with van der Waals surface area (Å²) in [5.74, 6) is 2.27. The van der Waals surface area contributed by atoms with Crippen LogP contribution in [0.5, 0.6) is 0 Å². The van der Waals surface area contributed by atoms with E-state index in [1.807, 2.05) is 19.9 Å². The highest BCUT2D eigenvalue weighted by Crippen LogP contribution is 2.74. The smallest absolute Gasteiger partial charge is 0.178 e. The lowest BCUT2D eigenvalue weighted by molar-refractivity contribution is -0.210. The number of carbonyl (C=O) groups excluding carboxylic acids is 2. The van der Waals surface area contributed by atoms with Crippen LogP contribution < -0.4 is 0 Å². The average molecular weight is 450 g/mol. The van der Waals surface area contributed by atoms with Gasteiger partial charge in [0.15, 0.2) is 5.78 Å². The summed E-state index contributed by atoms with van der Waals surface area (Å²) in [4.78, 5) is 27.3. The van der Waals surface area contributed by atoms with Crippen molar-refractivity contribution in [2.45, 2.75) is 99.8 Å². The summed E-state index contributed by atoms with van der Waals surface area (Å²) in [7, 11) is 0. The third kappa shape index (κ3) is 2.85. The Kier molecular flexibility index (Phi) is 4.82. The Hall–Kier alpha value is -1.43. The van der Waals surface area contributed by atoms with Gasteiger partial charge in [0.05, 0.1) is 5.57 Å². The average Bonchev–Trinajstić information content (AvgIpc) is 2.72. The predicted octanol–water partition coefficient (Wildman–Crippen LogP) is 6.92. The molecule has 3 heteroatoms. The van der Waals surface area contributed by atoms with Crippen LogP contribution in [0, 0.1) is 68.0 Å². The van der Waals surface area contributed by atoms with Crippen molar-refractivity contribution in [2.24, 2.45) is 56.7 Å². The SMILES string of the molecule is CC1(C)CCC2CC[C@]3(C)C(C(=O)C[C@@H]4[C@@]5(C)C=C(C#N)C(=O)C(C)(C)[C@@H]5CC[C@]43C)C2C1. The van der Waals surface area contributed by atoms with Gasteiger partial charge in [-0.05, 0) is 90.3 Å². The number of rotatable bonds is 0. The largest absolute Gasteiger partial charge is 0.299 e. The zero-order valence-electron chi connectivity index (χ0n) is 21.9. The number of ketones is 2. The molecule has 0 spiro atoms. The third-order valence-electron chi connectivity index (χ3n) is 12.3. The van der Waals surface area contributed by atoms with E-state index in [0.29, 0.717) is 35.0 Å². The molecule has 5 aliphatic carbocycles. The van der Waals surface area contributed by atoms with E-state index < -0.39 is 5.41 Å². The number of fused-ring (bicyclic) bond motifs is 7. The van der Waals surface area contributed by atoms with E-state index in [1.165, 1.54) is 25.7 Å². The highest BCUT2D eigenvalue weighted by atomic mass is 16.1. The van der Waals surface area contributed by atoms with E-state index in [1.54, 1.807) is 0 Å². The molecule has 0 amide bonds. The second-order valence-corrected chi connectivity index (χ2v) is 14.6. The van der Waals surface area contributed by atoms with Crippen LogP contribution in [-0.4, -0.2) is 11.6 Å². The summed E-state index contributed by atoms with van der Waals surface area (Å²) in [6.07, 6.45) is 10.9. The lowest BCUT2D eigenvalue weighted by Crippen LogP contribution is -2.67. The van der Waals surface area contributed by atoms with Crippen LogP contribution in [0.15, 0.2) is 11.6 Å². The summed E-state index contributed by atoms with van der Waals surface area (Å²) < 4.78 is 0. The quantitative estimate of drug-likeness (QED) is 0.403. The van der Waals surface area contributed by atoms with E-state index in [0.717, 1.165) is 19.3 Å². The van der Waals surface area contributed by atoms with E-state index in [4.69, 9.17) is 0 Å². The summed E-state index contributed by atoms with van der Waals surface area (Å²) >= 11 is 0. The van der Waals surface area contributed by atoms with Crippen LogP contribution in [0.3, 0.4) is 0 Å². The van der Waals surface area contributed by atoms with Crippen LogP contribution in [0.1, 0.15) is 99.8 Å². The number of carbonyl (C=O) groups is 2. The van der Waals surface area contributed by atoms with Gasteiger partial charge in [0.25, 0.3) is 0 Å². The fourth-order valence-corrected chi connectivity index (χ4v) is 10.4. The Morgan fingerprint density at radius 3 is 2.18 bits per heavy atom. The van der Waals surface area contributed by atoms with Gasteiger partial charge in [-0.1, -0.05) is 54.5 Å². The van der Waals surface area contributed by atoms with Gasteiger partial charge in [-0.2, -0.15) is 5.26 Å². The van der Waals surface area contributed by atoms with Crippen molar-refractivity contribution in [3.8, 4) is 6.07 Å². The van der Waals surface area contributed by atoms with Crippen LogP contribution in [-0.2, 0) is 9.59 Å². The van der Waals surface area contributed by atoms with Crippen LogP contribution >= 0.6 is 0 Å². The highest BCUT2D eigenvalue weighted by molar-refractivity contribution is 6.04. The van der Waals surface area contributed by atoms with E-state index in [-0.39, 0.29) is 39.8 Å². The Labute approximate surface area is 200 Å². The Morgan fingerprint density at radius 1 is 0.879 bits per heavy atom. The van der Waals surface area contributed by atoms with Gasteiger partial charge in [0, 0.05) is 17.8 Å². The molecular weight excluding hydrogens is 406 g/mol. The first kappa shape index (κ1) is 23.3. The highest BCUT2D eigenvalue weighted by Gasteiger charge is 2.70. The van der Waals surface area contributed by atoms with Crippen molar-refractivity contribution in [2.75, 3.05) is 0 Å². The van der Waals surface area contributed by atoms with Gasteiger partial charge in [0.2, 0.25) is 0 Å². The maximum Gasteiger partial charge on any atom is 0.178 e. The lowest BCUT2D eigenvalue weighted by atomic mass is 9.33. The predicted molar refractivity (Wildman–Crippen MR) is 130 cm³/mol. The Bertz CT molecular complexity index is 982. The summed E-state index contributed by atoms with van der Waals surface area (Å²) in [5, 5.41) is 9.82. The third-order valence-corrected chi connectivity index (χ3v) is 12.3. The molecule has 180 valence electrons. The molecule has 0 bridgehead atoms. The first-order chi connectivity index (χ1) is 15.2. The van der Waals surface area contributed by atoms with Crippen molar-refractivity contribution < 1.29 is 9.59 Å². The number of nitriles is 1. The Morgan fingerprint density at radius 2 is 1.52 bits per heavy atom. The molecule has 5 aliphatic rings. The zero-order chi connectivity index (χ0) is 24.2. The molecule has 33 heavy (non-hydrogen) atoms. The van der Waals surface area contributed by atoms with Crippen molar-refractivity contribution in [1.82, 2.24) is 0 Å². The molecule has 0 radical (unpaired) electrons. The summed E-state index contributed by atoms with van der Waals surface area (Å²) in [6, 6.07) is 2.23. The van der Waals surface area contributed by atoms with Crippen molar-refractivity contribution in [1.29, 1.82) is 5.26 Å². The fraction of sp³-hybridized carbons (Fsp3) is 0.833. The zero-order valence-corrected chi connectivity index (χ0v) is 21.9. The van der Waals surface area contributed by atoms with Gasteiger partial charge in [-0.15, -0.1) is 0 Å². The number of nitrogens with zero attached hydrogens (tertiary/aromatic N) is 1. The minimum atomic E-state index is -0.554. The molecule has 0 N–H and O–H groups in total. The topological polar surface area (TPSA) is 57.9 Å². The summed E-state index contributed by atoms with van der Waals surface area (Å²) in [5.41, 5.74) is -0.137. The van der Waals surface area contributed by atoms with Crippen molar-refractivity contribution in [3.63, 3.8) is 0 Å². The standard InChI is InChI=1S/C30H43NO2/c1-26(2)11-8-18-9-12-30(7)24(20(18)16-26)21(32)14-23-28(5)15-19(17-31)25(33)27(3,4)22(28)10-13-29(23,30)6/h15,18,20,22-24H,8-14,16H2,1-7H3/t18?,20?,22-,23+,24?,28-,29+,30+/m0/s1. The molecule has 0 aromatic heterocycles. The fourth-order valence-electron chi connectivity index (χ4n) is 10.4. The second kappa shape index (κ2) is 6.83. The maximum absolute atomic E-state index is 14.1. The van der Waals surface area contributed by atoms with Crippen LogP contribution in [0.2, 0.25) is 0 Å². The molecule has 0 aromatic carbocycles. The molecule has 0 aliphatic heterocycles. The first-order valence-electron chi connectivity index (χ1n) is 13.4.